The van der Waals surface area contributed by atoms with Gasteiger partial charge < -0.3 is 9.47 Å². The van der Waals surface area contributed by atoms with E-state index in [4.69, 9.17) is 15.3 Å². The Labute approximate surface area is 107 Å². The highest BCUT2D eigenvalue weighted by atomic mass is 19.1. The molecule has 0 bridgehead atoms. The van der Waals surface area contributed by atoms with Crippen LogP contribution in [0.15, 0.2) is 18.2 Å². The lowest BCUT2D eigenvalue weighted by atomic mass is 10.1. The molecular formula is C13H21FN2O2. The normalized spacial score (nSPS) is 12.4. The summed E-state index contributed by atoms with van der Waals surface area (Å²) in [6.07, 6.45) is 1.41. The summed E-state index contributed by atoms with van der Waals surface area (Å²) in [5, 5.41) is 0. The van der Waals surface area contributed by atoms with Crippen LogP contribution < -0.4 is 16.0 Å². The number of nitrogens with one attached hydrogen (secondary N) is 1. The van der Waals surface area contributed by atoms with Gasteiger partial charge >= 0.3 is 0 Å². The minimum Gasteiger partial charge on any atom is -0.494 e. The topological polar surface area (TPSA) is 56.5 Å². The number of ether oxygens (including phenoxy) is 2. The van der Waals surface area contributed by atoms with Crippen LogP contribution in [0.2, 0.25) is 0 Å². The standard InChI is InChI=1S/C13H21FN2O2/c1-3-7-18-9-11(16-15)8-10-5-4-6-12(17-2)13(10)14/h4-6,11,16H,3,7-9,15H2,1-2H3. The van der Waals surface area contributed by atoms with Crippen molar-refractivity contribution >= 4 is 0 Å². The summed E-state index contributed by atoms with van der Waals surface area (Å²) in [5.74, 6) is 5.35. The second-order valence-electron chi connectivity index (χ2n) is 4.08. The van der Waals surface area contributed by atoms with Crippen LogP contribution in [0.25, 0.3) is 0 Å². The lowest BCUT2D eigenvalue weighted by Gasteiger charge is -2.17. The highest BCUT2D eigenvalue weighted by Crippen LogP contribution is 2.20. The Morgan fingerprint density at radius 1 is 1.44 bits per heavy atom. The average molecular weight is 256 g/mol. The summed E-state index contributed by atoms with van der Waals surface area (Å²) in [5.41, 5.74) is 3.21. The maximum absolute atomic E-state index is 13.9. The molecule has 0 fully saturated rings. The minimum atomic E-state index is -0.337. The zero-order valence-electron chi connectivity index (χ0n) is 10.9. The van der Waals surface area contributed by atoms with E-state index in [-0.39, 0.29) is 17.6 Å². The first-order valence-electron chi connectivity index (χ1n) is 6.08. The molecule has 0 saturated heterocycles. The van der Waals surface area contributed by atoms with Crippen LogP contribution >= 0.6 is 0 Å². The fraction of sp³-hybridized carbons (Fsp3) is 0.538. The lowest BCUT2D eigenvalue weighted by molar-refractivity contribution is 0.111. The molecule has 0 aliphatic rings. The van der Waals surface area contributed by atoms with Crippen molar-refractivity contribution in [2.45, 2.75) is 25.8 Å². The van der Waals surface area contributed by atoms with E-state index in [1.165, 1.54) is 7.11 Å². The van der Waals surface area contributed by atoms with Crippen molar-refractivity contribution in [3.63, 3.8) is 0 Å². The molecule has 5 heteroatoms. The van der Waals surface area contributed by atoms with Crippen LogP contribution in [0.4, 0.5) is 4.39 Å². The van der Waals surface area contributed by atoms with Crippen molar-refractivity contribution in [1.29, 1.82) is 0 Å². The van der Waals surface area contributed by atoms with E-state index in [2.05, 4.69) is 5.43 Å². The van der Waals surface area contributed by atoms with E-state index in [1.54, 1.807) is 18.2 Å². The maximum atomic E-state index is 13.9. The second kappa shape index (κ2) is 8.02. The fourth-order valence-corrected chi connectivity index (χ4v) is 1.67. The predicted octanol–water partition coefficient (Wildman–Crippen LogP) is 1.64. The lowest BCUT2D eigenvalue weighted by Crippen LogP contribution is -2.40. The third-order valence-electron chi connectivity index (χ3n) is 2.63. The number of rotatable bonds is 8. The third kappa shape index (κ3) is 4.25. The van der Waals surface area contributed by atoms with Crippen LogP contribution in [0.1, 0.15) is 18.9 Å². The van der Waals surface area contributed by atoms with Gasteiger partial charge in [0.25, 0.3) is 0 Å². The van der Waals surface area contributed by atoms with Gasteiger partial charge in [-0.25, -0.2) is 4.39 Å². The molecule has 4 nitrogen and oxygen atoms in total. The monoisotopic (exact) mass is 256 g/mol. The molecular weight excluding hydrogens is 235 g/mol. The van der Waals surface area contributed by atoms with Gasteiger partial charge in [-0.3, -0.25) is 11.3 Å². The van der Waals surface area contributed by atoms with E-state index in [9.17, 15) is 4.39 Å². The van der Waals surface area contributed by atoms with Gasteiger partial charge in [0.2, 0.25) is 0 Å². The summed E-state index contributed by atoms with van der Waals surface area (Å²) < 4.78 is 24.3. The quantitative estimate of drug-likeness (QED) is 0.422. The van der Waals surface area contributed by atoms with Crippen LogP contribution in [0.5, 0.6) is 5.75 Å². The second-order valence-corrected chi connectivity index (χ2v) is 4.08. The summed E-state index contributed by atoms with van der Waals surface area (Å²) in [7, 11) is 1.45. The number of methoxy groups -OCH3 is 1. The van der Waals surface area contributed by atoms with E-state index in [0.29, 0.717) is 25.2 Å². The molecule has 0 aliphatic heterocycles. The largest absolute Gasteiger partial charge is 0.494 e. The fourth-order valence-electron chi connectivity index (χ4n) is 1.67. The molecule has 0 spiro atoms. The molecule has 0 radical (unpaired) electrons. The van der Waals surface area contributed by atoms with Crippen molar-refractivity contribution in [2.75, 3.05) is 20.3 Å². The Bertz CT molecular complexity index is 361. The predicted molar refractivity (Wildman–Crippen MR) is 68.9 cm³/mol. The first kappa shape index (κ1) is 14.9. The van der Waals surface area contributed by atoms with Crippen LogP contribution in [0, 0.1) is 5.82 Å². The highest BCUT2D eigenvalue weighted by molar-refractivity contribution is 5.31. The summed E-state index contributed by atoms with van der Waals surface area (Å²) in [4.78, 5) is 0. The van der Waals surface area contributed by atoms with Gasteiger partial charge in [0.1, 0.15) is 0 Å². The van der Waals surface area contributed by atoms with Gasteiger partial charge in [0.15, 0.2) is 11.6 Å². The molecule has 1 rings (SSSR count). The van der Waals surface area contributed by atoms with Crippen LogP contribution in [-0.2, 0) is 11.2 Å². The van der Waals surface area contributed by atoms with E-state index in [0.717, 1.165) is 6.42 Å². The van der Waals surface area contributed by atoms with Crippen molar-refractivity contribution < 1.29 is 13.9 Å². The summed E-state index contributed by atoms with van der Waals surface area (Å²) in [6, 6.07) is 4.97. The molecule has 1 unspecified atom stereocenters. The molecule has 0 aliphatic carbocycles. The highest BCUT2D eigenvalue weighted by Gasteiger charge is 2.13. The van der Waals surface area contributed by atoms with E-state index in [1.807, 2.05) is 6.92 Å². The van der Waals surface area contributed by atoms with Gasteiger partial charge in [-0.15, -0.1) is 0 Å². The van der Waals surface area contributed by atoms with Gasteiger partial charge in [-0.2, -0.15) is 0 Å². The smallest absolute Gasteiger partial charge is 0.168 e. The molecule has 1 aromatic carbocycles. The number of hydrogen-bond donors (Lipinski definition) is 2. The third-order valence-corrected chi connectivity index (χ3v) is 2.63. The molecule has 0 amide bonds. The van der Waals surface area contributed by atoms with E-state index >= 15 is 0 Å². The van der Waals surface area contributed by atoms with Crippen molar-refractivity contribution in [1.82, 2.24) is 5.43 Å². The van der Waals surface area contributed by atoms with Crippen molar-refractivity contribution in [3.8, 4) is 5.75 Å². The van der Waals surface area contributed by atoms with Crippen molar-refractivity contribution in [2.24, 2.45) is 5.84 Å². The van der Waals surface area contributed by atoms with Gasteiger partial charge in [-0.05, 0) is 24.5 Å². The molecule has 0 heterocycles. The Kier molecular flexibility index (Phi) is 6.64. The van der Waals surface area contributed by atoms with Crippen LogP contribution in [-0.4, -0.2) is 26.4 Å². The Morgan fingerprint density at radius 3 is 2.83 bits per heavy atom. The van der Waals surface area contributed by atoms with Gasteiger partial charge in [-0.1, -0.05) is 19.1 Å². The average Bonchev–Trinajstić information content (AvgIpc) is 2.40. The number of nitrogens with two attached hydrogens (primary N) is 1. The van der Waals surface area contributed by atoms with Gasteiger partial charge in [0, 0.05) is 12.6 Å². The molecule has 1 aromatic rings. The number of hydrogen-bond acceptors (Lipinski definition) is 4. The molecule has 3 N–H and O–H groups in total. The Morgan fingerprint density at radius 2 is 2.22 bits per heavy atom. The first-order valence-corrected chi connectivity index (χ1v) is 6.08. The minimum absolute atomic E-state index is 0.113. The summed E-state index contributed by atoms with van der Waals surface area (Å²) >= 11 is 0. The zero-order valence-corrected chi connectivity index (χ0v) is 10.9. The molecule has 0 saturated carbocycles. The Hall–Kier alpha value is -1.17. The first-order chi connectivity index (χ1) is 8.72. The molecule has 18 heavy (non-hydrogen) atoms. The molecule has 0 aromatic heterocycles. The molecule has 1 atom stereocenters. The number of hydrazine groups is 1. The number of benzene rings is 1. The zero-order chi connectivity index (χ0) is 13.4. The maximum Gasteiger partial charge on any atom is 0.168 e. The van der Waals surface area contributed by atoms with Gasteiger partial charge in [0.05, 0.1) is 13.7 Å². The number of halogens is 1. The van der Waals surface area contributed by atoms with Crippen molar-refractivity contribution in [3.05, 3.63) is 29.6 Å². The van der Waals surface area contributed by atoms with Crippen LogP contribution in [0.3, 0.4) is 0 Å². The van der Waals surface area contributed by atoms with E-state index < -0.39 is 0 Å². The Balaban J connectivity index is 2.63. The summed E-state index contributed by atoms with van der Waals surface area (Å²) in [6.45, 7) is 3.17. The molecule has 102 valence electrons. The SMILES string of the molecule is CCCOCC(Cc1cccc(OC)c1F)NN.